The molecule has 1 aromatic rings. The predicted molar refractivity (Wildman–Crippen MR) is 85.8 cm³/mol. The van der Waals surface area contributed by atoms with Crippen LogP contribution in [-0.4, -0.2) is 35.5 Å². The maximum atomic E-state index is 10.9. The number of nitrogens with zero attached hydrogens (tertiary/aromatic N) is 2. The second kappa shape index (κ2) is 6.89. The third-order valence-corrected chi connectivity index (χ3v) is 4.48. The van der Waals surface area contributed by atoms with Crippen molar-refractivity contribution in [1.82, 2.24) is 4.90 Å². The summed E-state index contributed by atoms with van der Waals surface area (Å²) in [5.41, 5.74) is 1.86. The Kier molecular flexibility index (Phi) is 5.17. The fourth-order valence-electron chi connectivity index (χ4n) is 3.12. The largest absolute Gasteiger partial charge is 0.382 e. The summed E-state index contributed by atoms with van der Waals surface area (Å²) in [5, 5.41) is 14.4. The molecule has 21 heavy (non-hydrogen) atoms. The first kappa shape index (κ1) is 15.8. The van der Waals surface area contributed by atoms with Crippen molar-refractivity contribution < 1.29 is 4.92 Å². The number of nitro benzene ring substituents is 1. The summed E-state index contributed by atoms with van der Waals surface area (Å²) in [6.07, 6.45) is 2.50. The Balaban J connectivity index is 2.00. The molecule has 1 fully saturated rings. The standard InChI is InChI=1S/C16H25N3O2/c1-4-18-9-5-6-14(11-18)13(3)17-15-7-8-16(19(20)21)12(2)10-15/h7-8,10,13-14,17H,4-6,9,11H2,1-3H3. The van der Waals surface area contributed by atoms with Crippen LogP contribution in [0.3, 0.4) is 0 Å². The molecule has 0 radical (unpaired) electrons. The van der Waals surface area contributed by atoms with Gasteiger partial charge in [0.05, 0.1) is 4.92 Å². The number of hydrogen-bond donors (Lipinski definition) is 1. The molecule has 116 valence electrons. The van der Waals surface area contributed by atoms with Gasteiger partial charge in [-0.25, -0.2) is 0 Å². The second-order valence-corrected chi connectivity index (χ2v) is 5.99. The number of hydrogen-bond acceptors (Lipinski definition) is 4. The number of nitro groups is 1. The van der Waals surface area contributed by atoms with Gasteiger partial charge in [-0.1, -0.05) is 6.92 Å². The summed E-state index contributed by atoms with van der Waals surface area (Å²) in [6.45, 7) is 9.65. The van der Waals surface area contributed by atoms with E-state index < -0.39 is 0 Å². The number of aryl methyl sites for hydroxylation is 1. The fourth-order valence-corrected chi connectivity index (χ4v) is 3.12. The molecule has 5 nitrogen and oxygen atoms in total. The van der Waals surface area contributed by atoms with Crippen molar-refractivity contribution in [2.75, 3.05) is 25.0 Å². The predicted octanol–water partition coefficient (Wildman–Crippen LogP) is 3.44. The van der Waals surface area contributed by atoms with Gasteiger partial charge < -0.3 is 10.2 Å². The van der Waals surface area contributed by atoms with Gasteiger partial charge >= 0.3 is 0 Å². The molecule has 0 saturated carbocycles. The number of benzene rings is 1. The molecule has 5 heteroatoms. The van der Waals surface area contributed by atoms with Gasteiger partial charge in [0.2, 0.25) is 0 Å². The van der Waals surface area contributed by atoms with Crippen molar-refractivity contribution >= 4 is 11.4 Å². The molecule has 2 unspecified atom stereocenters. The lowest BCUT2D eigenvalue weighted by molar-refractivity contribution is -0.385. The van der Waals surface area contributed by atoms with E-state index in [1.807, 2.05) is 12.1 Å². The normalized spacial score (nSPS) is 21.0. The SMILES string of the molecule is CCN1CCCC(C(C)Nc2ccc([N+](=O)[O-])c(C)c2)C1. The van der Waals surface area contributed by atoms with E-state index in [0.29, 0.717) is 17.5 Å². The minimum absolute atomic E-state index is 0.183. The summed E-state index contributed by atoms with van der Waals surface area (Å²) in [4.78, 5) is 13.0. The van der Waals surface area contributed by atoms with E-state index in [9.17, 15) is 10.1 Å². The van der Waals surface area contributed by atoms with Gasteiger partial charge in [0.25, 0.3) is 5.69 Å². The number of nitrogens with one attached hydrogen (secondary N) is 1. The quantitative estimate of drug-likeness (QED) is 0.667. The van der Waals surface area contributed by atoms with E-state index in [1.54, 1.807) is 13.0 Å². The molecular formula is C16H25N3O2. The Morgan fingerprint density at radius 2 is 2.29 bits per heavy atom. The summed E-state index contributed by atoms with van der Waals surface area (Å²) in [5.74, 6) is 0.634. The van der Waals surface area contributed by atoms with Gasteiger partial charge in [0.15, 0.2) is 0 Å². The van der Waals surface area contributed by atoms with Crippen LogP contribution in [0, 0.1) is 23.0 Å². The highest BCUT2D eigenvalue weighted by molar-refractivity contribution is 5.54. The maximum absolute atomic E-state index is 10.9. The van der Waals surface area contributed by atoms with Crippen molar-refractivity contribution in [3.05, 3.63) is 33.9 Å². The molecule has 0 aromatic heterocycles. The lowest BCUT2D eigenvalue weighted by Crippen LogP contribution is -2.41. The summed E-state index contributed by atoms with van der Waals surface area (Å²) in [6, 6.07) is 5.64. The van der Waals surface area contributed by atoms with Crippen LogP contribution in [0.2, 0.25) is 0 Å². The molecule has 1 heterocycles. The zero-order valence-electron chi connectivity index (χ0n) is 13.1. The highest BCUT2D eigenvalue weighted by Gasteiger charge is 2.24. The average Bonchev–Trinajstić information content (AvgIpc) is 2.47. The monoisotopic (exact) mass is 291 g/mol. The first-order valence-corrected chi connectivity index (χ1v) is 7.75. The van der Waals surface area contributed by atoms with E-state index >= 15 is 0 Å². The van der Waals surface area contributed by atoms with Crippen molar-refractivity contribution in [2.45, 2.75) is 39.7 Å². The molecule has 0 bridgehead atoms. The molecule has 1 aliphatic heterocycles. The van der Waals surface area contributed by atoms with E-state index in [4.69, 9.17) is 0 Å². The van der Waals surface area contributed by atoms with Crippen LogP contribution < -0.4 is 5.32 Å². The minimum atomic E-state index is -0.331. The lowest BCUT2D eigenvalue weighted by atomic mass is 9.91. The molecule has 1 saturated heterocycles. The Bertz CT molecular complexity index is 504. The molecule has 1 aliphatic rings. The van der Waals surface area contributed by atoms with Crippen LogP contribution in [-0.2, 0) is 0 Å². The highest BCUT2D eigenvalue weighted by atomic mass is 16.6. The van der Waals surface area contributed by atoms with Crippen LogP contribution in [0.5, 0.6) is 0 Å². The third kappa shape index (κ3) is 3.94. The molecule has 0 aliphatic carbocycles. The first-order valence-electron chi connectivity index (χ1n) is 7.75. The smallest absolute Gasteiger partial charge is 0.272 e. The van der Waals surface area contributed by atoms with E-state index in [1.165, 1.54) is 19.4 Å². The number of likely N-dealkylation sites (tertiary alicyclic amines) is 1. The molecule has 2 rings (SSSR count). The Morgan fingerprint density at radius 3 is 2.90 bits per heavy atom. The van der Waals surface area contributed by atoms with Gasteiger partial charge in [-0.2, -0.15) is 0 Å². The summed E-state index contributed by atoms with van der Waals surface area (Å²) in [7, 11) is 0. The molecule has 0 spiro atoms. The topological polar surface area (TPSA) is 58.4 Å². The molecule has 2 atom stereocenters. The molecular weight excluding hydrogens is 266 g/mol. The van der Waals surface area contributed by atoms with E-state index in [2.05, 4.69) is 24.1 Å². The first-order chi connectivity index (χ1) is 10.0. The summed E-state index contributed by atoms with van der Waals surface area (Å²) >= 11 is 0. The van der Waals surface area contributed by atoms with Crippen molar-refractivity contribution in [3.8, 4) is 0 Å². The Labute approximate surface area is 126 Å². The molecule has 1 aromatic carbocycles. The van der Waals surface area contributed by atoms with Crippen molar-refractivity contribution in [1.29, 1.82) is 0 Å². The maximum Gasteiger partial charge on any atom is 0.272 e. The van der Waals surface area contributed by atoms with Gasteiger partial charge in [-0.3, -0.25) is 10.1 Å². The van der Waals surface area contributed by atoms with Crippen LogP contribution in [0.15, 0.2) is 18.2 Å². The summed E-state index contributed by atoms with van der Waals surface area (Å²) < 4.78 is 0. The number of rotatable bonds is 5. The van der Waals surface area contributed by atoms with Crippen LogP contribution >= 0.6 is 0 Å². The van der Waals surface area contributed by atoms with Gasteiger partial charge in [-0.15, -0.1) is 0 Å². The molecule has 1 N–H and O–H groups in total. The zero-order valence-corrected chi connectivity index (χ0v) is 13.1. The van der Waals surface area contributed by atoms with Crippen LogP contribution in [0.4, 0.5) is 11.4 Å². The lowest BCUT2D eigenvalue weighted by Gasteiger charge is -2.35. The second-order valence-electron chi connectivity index (χ2n) is 5.99. The van der Waals surface area contributed by atoms with Crippen molar-refractivity contribution in [3.63, 3.8) is 0 Å². The fraction of sp³-hybridized carbons (Fsp3) is 0.625. The van der Waals surface area contributed by atoms with E-state index in [0.717, 1.165) is 18.8 Å². The van der Waals surface area contributed by atoms with Crippen molar-refractivity contribution in [2.24, 2.45) is 5.92 Å². The van der Waals surface area contributed by atoms with Crippen LogP contribution in [0.25, 0.3) is 0 Å². The Hall–Kier alpha value is -1.62. The minimum Gasteiger partial charge on any atom is -0.382 e. The molecule has 0 amide bonds. The number of anilines is 1. The zero-order chi connectivity index (χ0) is 15.4. The third-order valence-electron chi connectivity index (χ3n) is 4.48. The van der Waals surface area contributed by atoms with E-state index in [-0.39, 0.29) is 10.6 Å². The van der Waals surface area contributed by atoms with Crippen LogP contribution in [0.1, 0.15) is 32.3 Å². The Morgan fingerprint density at radius 1 is 1.52 bits per heavy atom. The number of piperidine rings is 1. The average molecular weight is 291 g/mol. The highest BCUT2D eigenvalue weighted by Crippen LogP contribution is 2.25. The van der Waals surface area contributed by atoms with Gasteiger partial charge in [-0.05, 0) is 57.8 Å². The van der Waals surface area contributed by atoms with Gasteiger partial charge in [0, 0.05) is 29.9 Å². The van der Waals surface area contributed by atoms with Gasteiger partial charge in [0.1, 0.15) is 0 Å².